The Morgan fingerprint density at radius 1 is 1.06 bits per heavy atom. The van der Waals surface area contributed by atoms with Crippen molar-refractivity contribution in [1.29, 1.82) is 0 Å². The number of ether oxygens (including phenoxy) is 2. The van der Waals surface area contributed by atoms with E-state index in [9.17, 15) is 9.59 Å². The SMILES string of the molecule is CC(C)(C)OC(=O)N(Cc1cc2ccc(CN)cc2n1C(=O)OC(C)(C)C)CC1CCC1. The average molecular weight is 444 g/mol. The molecule has 1 fully saturated rings. The molecular weight excluding hydrogens is 406 g/mol. The Morgan fingerprint density at radius 3 is 2.25 bits per heavy atom. The summed E-state index contributed by atoms with van der Waals surface area (Å²) >= 11 is 0. The van der Waals surface area contributed by atoms with Crippen molar-refractivity contribution in [3.63, 3.8) is 0 Å². The van der Waals surface area contributed by atoms with Crippen LogP contribution in [0.5, 0.6) is 0 Å². The van der Waals surface area contributed by atoms with Gasteiger partial charge < -0.3 is 20.1 Å². The summed E-state index contributed by atoms with van der Waals surface area (Å²) in [6.07, 6.45) is 2.56. The second-order valence-electron chi connectivity index (χ2n) is 10.7. The maximum atomic E-state index is 13.2. The lowest BCUT2D eigenvalue weighted by atomic mass is 9.85. The minimum atomic E-state index is -0.646. The molecule has 1 amide bonds. The average Bonchev–Trinajstić information content (AvgIpc) is 2.97. The van der Waals surface area contributed by atoms with Crippen LogP contribution in [0.3, 0.4) is 0 Å². The first kappa shape index (κ1) is 24.1. The zero-order valence-electron chi connectivity index (χ0n) is 20.2. The molecule has 7 heteroatoms. The van der Waals surface area contributed by atoms with E-state index in [-0.39, 0.29) is 12.6 Å². The van der Waals surface area contributed by atoms with Crippen molar-refractivity contribution in [2.45, 2.75) is 85.1 Å². The highest BCUT2D eigenvalue weighted by atomic mass is 16.6. The Kier molecular flexibility index (Phi) is 6.89. The van der Waals surface area contributed by atoms with E-state index in [0.717, 1.165) is 29.3 Å². The number of hydrogen-bond acceptors (Lipinski definition) is 5. The Labute approximate surface area is 190 Å². The molecule has 3 rings (SSSR count). The van der Waals surface area contributed by atoms with Crippen LogP contribution >= 0.6 is 0 Å². The molecule has 2 aromatic rings. The van der Waals surface area contributed by atoms with Crippen molar-refractivity contribution >= 4 is 23.1 Å². The molecule has 0 saturated heterocycles. The predicted octanol–water partition coefficient (Wildman–Crippen LogP) is 5.42. The standard InChI is InChI=1S/C25H37N3O4/c1-24(2,3)31-22(29)27(15-17-8-7-9-17)16-20-13-19-11-10-18(14-26)12-21(19)28(20)23(30)32-25(4,5)6/h10-13,17H,7-9,14-16,26H2,1-6H3. The van der Waals surface area contributed by atoms with Gasteiger partial charge in [-0.15, -0.1) is 0 Å². The highest BCUT2D eigenvalue weighted by molar-refractivity contribution is 5.91. The first-order valence-corrected chi connectivity index (χ1v) is 11.4. The Bertz CT molecular complexity index is 977. The van der Waals surface area contributed by atoms with Gasteiger partial charge in [0.15, 0.2) is 0 Å². The number of carbonyl (C=O) groups is 2. The first-order chi connectivity index (χ1) is 14.9. The summed E-state index contributed by atoms with van der Waals surface area (Å²) in [6.45, 7) is 12.3. The molecule has 0 spiro atoms. The Hall–Kier alpha value is -2.54. The molecule has 1 aliphatic rings. The highest BCUT2D eigenvalue weighted by Crippen LogP contribution is 2.30. The third-order valence-corrected chi connectivity index (χ3v) is 5.46. The van der Waals surface area contributed by atoms with E-state index in [1.807, 2.05) is 65.8 Å². The van der Waals surface area contributed by atoms with Crippen molar-refractivity contribution in [2.75, 3.05) is 6.54 Å². The molecule has 0 unspecified atom stereocenters. The van der Waals surface area contributed by atoms with E-state index in [2.05, 4.69) is 0 Å². The molecule has 0 radical (unpaired) electrons. The van der Waals surface area contributed by atoms with Gasteiger partial charge in [0, 0.05) is 24.2 Å². The Morgan fingerprint density at radius 2 is 1.72 bits per heavy atom. The molecule has 176 valence electrons. The van der Waals surface area contributed by atoms with E-state index in [0.29, 0.717) is 24.7 Å². The van der Waals surface area contributed by atoms with Crippen molar-refractivity contribution in [3.8, 4) is 0 Å². The number of nitrogens with zero attached hydrogens (tertiary/aromatic N) is 2. The van der Waals surface area contributed by atoms with Crippen molar-refractivity contribution in [1.82, 2.24) is 9.47 Å². The van der Waals surface area contributed by atoms with Gasteiger partial charge in [-0.3, -0.25) is 0 Å². The second-order valence-corrected chi connectivity index (χ2v) is 10.7. The molecule has 0 atom stereocenters. The van der Waals surface area contributed by atoms with Gasteiger partial charge in [0.1, 0.15) is 11.2 Å². The summed E-state index contributed by atoms with van der Waals surface area (Å²) < 4.78 is 12.9. The number of nitrogens with two attached hydrogens (primary N) is 1. The van der Waals surface area contributed by atoms with Gasteiger partial charge in [-0.1, -0.05) is 18.6 Å². The van der Waals surface area contributed by atoms with E-state index in [1.54, 1.807) is 9.47 Å². The third-order valence-electron chi connectivity index (χ3n) is 5.46. The van der Waals surface area contributed by atoms with Gasteiger partial charge >= 0.3 is 12.2 Å². The summed E-state index contributed by atoms with van der Waals surface area (Å²) in [5.41, 5.74) is 6.93. The van der Waals surface area contributed by atoms with E-state index >= 15 is 0 Å². The van der Waals surface area contributed by atoms with Crippen LogP contribution in [-0.4, -0.2) is 39.4 Å². The van der Waals surface area contributed by atoms with Crippen LogP contribution < -0.4 is 5.73 Å². The number of aromatic nitrogens is 1. The van der Waals surface area contributed by atoms with Crippen LogP contribution in [0.2, 0.25) is 0 Å². The van der Waals surface area contributed by atoms with Gasteiger partial charge in [0.25, 0.3) is 0 Å². The van der Waals surface area contributed by atoms with Crippen LogP contribution in [-0.2, 0) is 22.6 Å². The number of fused-ring (bicyclic) bond motifs is 1. The zero-order chi connectivity index (χ0) is 23.7. The summed E-state index contributed by atoms with van der Waals surface area (Å²) in [4.78, 5) is 27.9. The predicted molar refractivity (Wildman–Crippen MR) is 125 cm³/mol. The van der Waals surface area contributed by atoms with Gasteiger partial charge in [-0.25, -0.2) is 14.2 Å². The van der Waals surface area contributed by atoms with Crippen LogP contribution in [0.25, 0.3) is 10.9 Å². The first-order valence-electron chi connectivity index (χ1n) is 11.4. The largest absolute Gasteiger partial charge is 0.444 e. The number of rotatable bonds is 5. The van der Waals surface area contributed by atoms with Crippen molar-refractivity contribution in [2.24, 2.45) is 11.7 Å². The fourth-order valence-electron chi connectivity index (χ4n) is 3.78. The normalized spacial score (nSPS) is 14.8. The smallest absolute Gasteiger partial charge is 0.419 e. The molecule has 2 N–H and O–H groups in total. The Balaban J connectivity index is 2.00. The van der Waals surface area contributed by atoms with Crippen LogP contribution in [0, 0.1) is 5.92 Å². The summed E-state index contributed by atoms with van der Waals surface area (Å²) in [5, 5.41) is 0.899. The molecule has 0 bridgehead atoms. The number of amides is 1. The molecule has 1 aromatic carbocycles. The number of benzene rings is 1. The topological polar surface area (TPSA) is 86.8 Å². The monoisotopic (exact) mass is 443 g/mol. The fraction of sp³-hybridized carbons (Fsp3) is 0.600. The molecule has 32 heavy (non-hydrogen) atoms. The van der Waals surface area contributed by atoms with Gasteiger partial charge in [-0.05, 0) is 78.0 Å². The fourth-order valence-corrected chi connectivity index (χ4v) is 3.78. The number of hydrogen-bond donors (Lipinski definition) is 1. The van der Waals surface area contributed by atoms with E-state index in [1.165, 1.54) is 6.42 Å². The molecule has 1 aliphatic carbocycles. The quantitative estimate of drug-likeness (QED) is 0.667. The van der Waals surface area contributed by atoms with E-state index in [4.69, 9.17) is 15.2 Å². The molecular formula is C25H37N3O4. The summed E-state index contributed by atoms with van der Waals surface area (Å²) in [7, 11) is 0. The number of carbonyl (C=O) groups excluding carboxylic acids is 2. The van der Waals surface area contributed by atoms with Crippen molar-refractivity contribution in [3.05, 3.63) is 35.5 Å². The third kappa shape index (κ3) is 6.03. The van der Waals surface area contributed by atoms with Gasteiger partial charge in [0.05, 0.1) is 12.1 Å². The minimum absolute atomic E-state index is 0.261. The molecule has 1 saturated carbocycles. The summed E-state index contributed by atoms with van der Waals surface area (Å²) in [5.74, 6) is 0.464. The lowest BCUT2D eigenvalue weighted by Gasteiger charge is -2.33. The summed E-state index contributed by atoms with van der Waals surface area (Å²) in [6, 6.07) is 7.75. The van der Waals surface area contributed by atoms with Crippen LogP contribution in [0.1, 0.15) is 72.1 Å². The minimum Gasteiger partial charge on any atom is -0.444 e. The van der Waals surface area contributed by atoms with Gasteiger partial charge in [-0.2, -0.15) is 0 Å². The lowest BCUT2D eigenvalue weighted by molar-refractivity contribution is 0.0163. The van der Waals surface area contributed by atoms with Crippen LogP contribution in [0.4, 0.5) is 9.59 Å². The van der Waals surface area contributed by atoms with Gasteiger partial charge in [0.2, 0.25) is 0 Å². The second kappa shape index (κ2) is 9.14. The maximum Gasteiger partial charge on any atom is 0.419 e. The molecule has 1 heterocycles. The highest BCUT2D eigenvalue weighted by Gasteiger charge is 2.30. The zero-order valence-corrected chi connectivity index (χ0v) is 20.2. The maximum absolute atomic E-state index is 13.2. The molecule has 7 nitrogen and oxygen atoms in total. The molecule has 0 aliphatic heterocycles. The van der Waals surface area contributed by atoms with Crippen molar-refractivity contribution < 1.29 is 19.1 Å². The molecule has 1 aromatic heterocycles. The van der Waals surface area contributed by atoms with E-state index < -0.39 is 17.3 Å². The lowest BCUT2D eigenvalue weighted by Crippen LogP contribution is -2.41. The van der Waals surface area contributed by atoms with Crippen LogP contribution in [0.15, 0.2) is 24.3 Å².